The smallest absolute Gasteiger partial charge is 0.336 e. The molecular weight excluding hydrogens is 1680 g/mol. The molecule has 0 amide bonds. The van der Waals surface area contributed by atoms with E-state index < -0.39 is 35.8 Å². The van der Waals surface area contributed by atoms with Gasteiger partial charge in [0, 0.05) is 36.5 Å². The largest absolute Gasteiger partial charge is 0.494 e. The lowest BCUT2D eigenvalue weighted by Crippen LogP contribution is -2.11. The molecule has 0 aliphatic rings. The van der Waals surface area contributed by atoms with Crippen LogP contribution in [-0.4, -0.2) is 115 Å². The first-order valence-electron chi connectivity index (χ1n) is 43.3. The van der Waals surface area contributed by atoms with Gasteiger partial charge in [-0.25, -0.2) is 28.8 Å². The number of rotatable bonds is 60. The number of unbranched alkanes of at least 4 members (excludes halogenated alkanes) is 6. The third-order valence-corrected chi connectivity index (χ3v) is 18.9. The Morgan fingerprint density at radius 1 is 0.189 bits per heavy atom. The molecule has 10 aromatic carbocycles. The van der Waals surface area contributed by atoms with Gasteiger partial charge in [-0.3, -0.25) is 0 Å². The maximum Gasteiger partial charge on any atom is 0.336 e. The van der Waals surface area contributed by atoms with Gasteiger partial charge >= 0.3 is 35.8 Å². The minimum atomic E-state index is -0.953. The summed E-state index contributed by atoms with van der Waals surface area (Å²) in [5.74, 6) is -0.998. The Morgan fingerprint density at radius 2 is 0.311 bits per heavy atom. The fourth-order valence-corrected chi connectivity index (χ4v) is 12.4. The maximum absolute atomic E-state index is 14.4. The number of benzene rings is 10. The summed E-state index contributed by atoms with van der Waals surface area (Å²) in [5, 5.41) is 1.13. The fraction of sp³-hybridized carbons (Fsp3) is 0.222. The topological polar surface area (TPSA) is 269 Å². The summed E-state index contributed by atoms with van der Waals surface area (Å²) in [5.41, 5.74) is 0. The zero-order valence-corrected chi connectivity index (χ0v) is 73.7. The Balaban J connectivity index is 1.07. The van der Waals surface area contributed by atoms with Gasteiger partial charge in [-0.05, 0) is 328 Å². The molecule has 0 fully saturated rings. The minimum Gasteiger partial charge on any atom is -0.494 e. The Morgan fingerprint density at radius 3 is 0.432 bits per heavy atom. The average molecular weight is 1790 g/mol. The van der Waals surface area contributed by atoms with Crippen LogP contribution in [0.1, 0.15) is 77.0 Å². The van der Waals surface area contributed by atoms with Gasteiger partial charge in [0.1, 0.15) is 109 Å². The van der Waals surface area contributed by atoms with Crippen LogP contribution in [0.5, 0.6) is 103 Å². The summed E-state index contributed by atoms with van der Waals surface area (Å²) < 4.78 is 108. The number of fused-ring (bicyclic) bond motifs is 6. The Hall–Kier alpha value is -15.7. The van der Waals surface area contributed by atoms with E-state index in [0.29, 0.717) is 109 Å². The second kappa shape index (κ2) is 55.8. The maximum atomic E-state index is 14.4. The second-order valence-electron chi connectivity index (χ2n) is 28.8. The summed E-state index contributed by atoms with van der Waals surface area (Å²) in [7, 11) is 0. The Labute approximate surface area is 768 Å². The first kappa shape index (κ1) is 98.5. The molecular formula is C108H108O24. The molecule has 0 spiro atoms. The highest BCUT2D eigenvalue weighted by molar-refractivity contribution is 6.27. The summed E-state index contributed by atoms with van der Waals surface area (Å²) in [4.78, 5) is 86.2. The number of carbonyl (C=O) groups excluding carboxylic acids is 6. The number of hydrogen-bond donors (Lipinski definition) is 0. The van der Waals surface area contributed by atoms with E-state index in [1.165, 1.54) is 72.9 Å². The summed E-state index contributed by atoms with van der Waals surface area (Å²) in [6.45, 7) is 25.0. The van der Waals surface area contributed by atoms with Gasteiger partial charge in [0.15, 0.2) is 34.5 Å². The zero-order chi connectivity index (χ0) is 93.0. The standard InChI is InChI=1S/C108H108O24/c1-7-13-19-61-115-79-37-49-85(50-38-79)121-67-25-31-103(109)127-97-73-91-92(74-98(97)128-104(110)32-26-68-122-86-51-39-80(40-52-86)116-62-20-14-8-2)94-76-100(130-106(112)34-28-70-124-88-55-43-82(44-56-88)118-64-22-16-10-4)102(132-108(114)36-30-72-126-90-59-47-84(48-60-90)120-66-24-18-12-6)78-96(94)95-77-101(131-107(113)35-29-71-125-89-57-45-83(46-58-89)119-65-23-17-11-5)99(75-93(91)95)129-105(111)33-27-69-123-87-53-41-81(42-54-87)117-63-21-15-9-3/h7-12,25-60,73-78H,1-6,13-24,61-72H2. The van der Waals surface area contributed by atoms with Crippen molar-refractivity contribution in [2.75, 3.05) is 79.3 Å². The molecule has 0 aliphatic carbocycles. The predicted molar refractivity (Wildman–Crippen MR) is 509 cm³/mol. The highest BCUT2D eigenvalue weighted by Crippen LogP contribution is 2.48. The van der Waals surface area contributed by atoms with Crippen LogP contribution in [0.3, 0.4) is 0 Å². The van der Waals surface area contributed by atoms with Crippen LogP contribution in [0, 0.1) is 0 Å². The molecule has 0 bridgehead atoms. The number of ether oxygens (including phenoxy) is 18. The van der Waals surface area contributed by atoms with Crippen molar-refractivity contribution in [3.05, 3.63) is 331 Å². The van der Waals surface area contributed by atoms with Crippen molar-refractivity contribution in [1.29, 1.82) is 0 Å². The van der Waals surface area contributed by atoms with Crippen LogP contribution in [0.2, 0.25) is 0 Å². The molecule has 132 heavy (non-hydrogen) atoms. The second-order valence-corrected chi connectivity index (χ2v) is 28.8. The van der Waals surface area contributed by atoms with Crippen molar-refractivity contribution in [1.82, 2.24) is 0 Å². The van der Waals surface area contributed by atoms with Crippen molar-refractivity contribution < 1.29 is 114 Å². The van der Waals surface area contributed by atoms with Crippen LogP contribution >= 0.6 is 0 Å². The third kappa shape index (κ3) is 34.5. The van der Waals surface area contributed by atoms with Gasteiger partial charge < -0.3 is 85.3 Å². The van der Waals surface area contributed by atoms with Gasteiger partial charge in [-0.1, -0.05) is 36.5 Å². The van der Waals surface area contributed by atoms with Crippen molar-refractivity contribution >= 4 is 68.1 Å². The molecule has 0 atom stereocenters. The van der Waals surface area contributed by atoms with Crippen LogP contribution in [0.4, 0.5) is 0 Å². The molecule has 0 aromatic heterocycles. The summed E-state index contributed by atoms with van der Waals surface area (Å²) in [6.07, 6.45) is 35.8. The lowest BCUT2D eigenvalue weighted by atomic mass is 9.93. The number of carbonyl (C=O) groups is 6. The molecule has 10 aromatic rings. The molecule has 684 valence electrons. The molecule has 0 saturated carbocycles. The third-order valence-electron chi connectivity index (χ3n) is 18.9. The van der Waals surface area contributed by atoms with Crippen molar-refractivity contribution in [3.8, 4) is 103 Å². The van der Waals surface area contributed by atoms with E-state index in [2.05, 4.69) is 39.5 Å². The number of esters is 6. The Kier molecular flexibility index (Phi) is 41.6. The number of allylic oxidation sites excluding steroid dienone is 6. The highest BCUT2D eigenvalue weighted by Gasteiger charge is 2.25. The van der Waals surface area contributed by atoms with E-state index in [4.69, 9.17) is 85.3 Å². The lowest BCUT2D eigenvalue weighted by Gasteiger charge is -2.18. The van der Waals surface area contributed by atoms with E-state index in [1.54, 1.807) is 146 Å². The quantitative estimate of drug-likeness (QED) is 0.00855. The van der Waals surface area contributed by atoms with E-state index >= 15 is 0 Å². The molecule has 0 saturated heterocycles. The van der Waals surface area contributed by atoms with E-state index in [0.717, 1.165) is 114 Å². The lowest BCUT2D eigenvalue weighted by molar-refractivity contribution is -0.131. The molecule has 24 heteroatoms. The average Bonchev–Trinajstić information content (AvgIpc) is 0.722. The van der Waals surface area contributed by atoms with Crippen LogP contribution < -0.4 is 85.3 Å². The number of hydrogen-bond acceptors (Lipinski definition) is 24. The predicted octanol–water partition coefficient (Wildman–Crippen LogP) is 22.5. The summed E-state index contributed by atoms with van der Waals surface area (Å²) in [6, 6.07) is 50.2. The zero-order valence-electron chi connectivity index (χ0n) is 73.7. The Bertz CT molecular complexity index is 4730. The van der Waals surface area contributed by atoms with E-state index in [9.17, 15) is 28.8 Å². The van der Waals surface area contributed by atoms with Gasteiger partial charge in [0.05, 0.1) is 39.6 Å². The fourth-order valence-electron chi connectivity index (χ4n) is 12.4. The van der Waals surface area contributed by atoms with Crippen molar-refractivity contribution in [2.45, 2.75) is 77.0 Å². The summed E-state index contributed by atoms with van der Waals surface area (Å²) >= 11 is 0. The normalized spacial score (nSPS) is 11.2. The molecule has 0 radical (unpaired) electrons. The molecule has 0 aliphatic heterocycles. The van der Waals surface area contributed by atoms with E-state index in [-0.39, 0.29) is 106 Å². The van der Waals surface area contributed by atoms with Crippen molar-refractivity contribution in [2.24, 2.45) is 0 Å². The van der Waals surface area contributed by atoms with Gasteiger partial charge in [-0.2, -0.15) is 0 Å². The van der Waals surface area contributed by atoms with Crippen LogP contribution in [-0.2, 0) is 28.8 Å². The molecule has 10 rings (SSSR count). The molecule has 24 nitrogen and oxygen atoms in total. The van der Waals surface area contributed by atoms with Gasteiger partial charge in [0.25, 0.3) is 0 Å². The molecule has 0 heterocycles. The van der Waals surface area contributed by atoms with Crippen molar-refractivity contribution in [3.63, 3.8) is 0 Å². The highest BCUT2D eigenvalue weighted by atomic mass is 16.6. The van der Waals surface area contributed by atoms with Crippen LogP contribution in [0.15, 0.2) is 331 Å². The van der Waals surface area contributed by atoms with E-state index in [1.807, 2.05) is 36.5 Å². The van der Waals surface area contributed by atoms with Gasteiger partial charge in [-0.15, -0.1) is 39.5 Å². The van der Waals surface area contributed by atoms with Crippen LogP contribution in [0.25, 0.3) is 32.3 Å². The minimum absolute atomic E-state index is 0.0992. The first-order chi connectivity index (χ1) is 64.7. The molecule has 0 N–H and O–H groups in total. The molecule has 0 unspecified atom stereocenters. The van der Waals surface area contributed by atoms with Gasteiger partial charge in [0.2, 0.25) is 0 Å². The first-order valence-corrected chi connectivity index (χ1v) is 43.3. The monoisotopic (exact) mass is 1790 g/mol. The SMILES string of the molecule is C=CCCCOc1ccc(OCC=CC(=O)Oc2cc3c4cc(OC(=O)C=CCOc5ccc(OCCCC=C)cc5)c(OC(=O)C=CCOc5ccc(OCCCC=C)cc5)cc4c4cc(OC(=O)C=CCOc5ccc(OCCCC=C)cc5)c(OC(=O)C=CCOc5ccc(OCCCC=C)cc5)cc4c3cc2OC(=O)C=CCOc2ccc(OCCCC=C)cc2)cc1.